The van der Waals surface area contributed by atoms with Crippen LogP contribution in [0, 0.1) is 20.8 Å². The molecular weight excluding hydrogens is 853 g/mol. The number of rotatable bonds is 8. The molecule has 0 atom stereocenters. The molecule has 9 heteroatoms. The minimum Gasteiger partial charge on any atom is -0.428 e. The molecule has 0 unspecified atom stereocenters. The number of carbonyl (C=O) groups excluding carboxylic acids is 3. The SMILES string of the molecule is Cc1cc(OC(=O)OC(C)(C)C)c(C(C)(C)C)cc1C(C)(C)c1ccc(C(C)(c2cc(C(C)(C)C)c(OC(=O)OC(C)(C)C)cc2C)c2cc(C(C)(C)C)c(OC(=O)OC(C)(C)C)cc2C)cc1. The average Bonchev–Trinajstić information content (AvgIpc) is 3.10. The van der Waals surface area contributed by atoms with Gasteiger partial charge in [0.15, 0.2) is 0 Å². The molecule has 0 aliphatic carbocycles. The molecule has 0 fully saturated rings. The standard InChI is InChI=1S/C59H82O9/c1-35-29-46(63-49(60)66-55(13,14)15)43(52(4,5)6)32-40(35)58(22,23)38-25-27-39(28-26-38)59(24,41-33-44(53(7,8)9)47(30-36(41)2)64-50(61)67-56(16,17)18)42-34-45(54(10,11)12)48(31-37(42)3)65-51(62)68-57(19,20)21/h25-34H,1-24H3. The van der Waals surface area contributed by atoms with Crippen molar-refractivity contribution in [3.05, 3.63) is 122 Å². The van der Waals surface area contributed by atoms with E-state index in [9.17, 15) is 14.4 Å². The van der Waals surface area contributed by atoms with Gasteiger partial charge in [-0.05, 0) is 169 Å². The van der Waals surface area contributed by atoms with E-state index < -0.39 is 56.9 Å². The Kier molecular flexibility index (Phi) is 15.4. The summed E-state index contributed by atoms with van der Waals surface area (Å²) in [6, 6.07) is 21.2. The van der Waals surface area contributed by atoms with Crippen molar-refractivity contribution in [2.45, 2.75) is 210 Å². The topological polar surface area (TPSA) is 107 Å². The van der Waals surface area contributed by atoms with Crippen LogP contribution in [-0.4, -0.2) is 35.3 Å². The maximum Gasteiger partial charge on any atom is 0.514 e. The largest absolute Gasteiger partial charge is 0.514 e. The first-order valence-corrected chi connectivity index (χ1v) is 23.8. The Morgan fingerprint density at radius 2 is 0.588 bits per heavy atom. The second kappa shape index (κ2) is 18.9. The number of hydrogen-bond donors (Lipinski definition) is 0. The number of carbonyl (C=O) groups is 3. The van der Waals surface area contributed by atoms with E-state index >= 15 is 0 Å². The van der Waals surface area contributed by atoms with Gasteiger partial charge in [0.2, 0.25) is 0 Å². The van der Waals surface area contributed by atoms with Gasteiger partial charge in [-0.2, -0.15) is 0 Å². The lowest BCUT2D eigenvalue weighted by molar-refractivity contribution is 0.0189. The van der Waals surface area contributed by atoms with Gasteiger partial charge in [0.1, 0.15) is 34.1 Å². The normalized spacial score (nSPS) is 13.2. The van der Waals surface area contributed by atoms with E-state index in [1.807, 2.05) is 94.4 Å². The van der Waals surface area contributed by atoms with Gasteiger partial charge in [-0.1, -0.05) is 119 Å². The maximum atomic E-state index is 13.2. The molecule has 4 aromatic rings. The number of benzene rings is 4. The third-order valence-corrected chi connectivity index (χ3v) is 12.1. The summed E-state index contributed by atoms with van der Waals surface area (Å²) in [4.78, 5) is 39.3. The minimum absolute atomic E-state index is 0.351. The molecule has 0 spiro atoms. The summed E-state index contributed by atoms with van der Waals surface area (Å²) < 4.78 is 34.7. The van der Waals surface area contributed by atoms with Crippen molar-refractivity contribution in [3.8, 4) is 17.2 Å². The van der Waals surface area contributed by atoms with E-state index in [-0.39, 0.29) is 5.41 Å². The zero-order chi connectivity index (χ0) is 52.1. The lowest BCUT2D eigenvalue weighted by atomic mass is 9.65. The Balaban J connectivity index is 2.04. The molecule has 0 aliphatic rings. The van der Waals surface area contributed by atoms with Gasteiger partial charge in [-0.3, -0.25) is 0 Å². The molecule has 0 heterocycles. The molecule has 4 rings (SSSR count). The molecule has 9 nitrogen and oxygen atoms in total. The summed E-state index contributed by atoms with van der Waals surface area (Å²) in [6.07, 6.45) is -2.27. The van der Waals surface area contributed by atoms with E-state index in [1.165, 1.54) is 0 Å². The van der Waals surface area contributed by atoms with Gasteiger partial charge in [-0.15, -0.1) is 0 Å². The zero-order valence-electron chi connectivity index (χ0n) is 45.9. The van der Waals surface area contributed by atoms with Crippen molar-refractivity contribution in [3.63, 3.8) is 0 Å². The van der Waals surface area contributed by atoms with Crippen LogP contribution in [0.1, 0.15) is 207 Å². The van der Waals surface area contributed by atoms with Gasteiger partial charge in [0.05, 0.1) is 0 Å². The summed E-state index contributed by atoms with van der Waals surface area (Å²) in [5.41, 5.74) is 5.96. The molecular formula is C59H82O9. The van der Waals surface area contributed by atoms with Crippen LogP contribution < -0.4 is 14.2 Å². The van der Waals surface area contributed by atoms with Crippen molar-refractivity contribution in [1.82, 2.24) is 0 Å². The Hall–Kier alpha value is -5.31. The van der Waals surface area contributed by atoms with Crippen molar-refractivity contribution in [2.24, 2.45) is 0 Å². The fourth-order valence-corrected chi connectivity index (χ4v) is 8.72. The molecule has 0 bridgehead atoms. The van der Waals surface area contributed by atoms with E-state index in [4.69, 9.17) is 28.4 Å². The van der Waals surface area contributed by atoms with Crippen molar-refractivity contribution in [2.75, 3.05) is 0 Å². The summed E-state index contributed by atoms with van der Waals surface area (Å²) in [5.74, 6) is 1.36. The quantitative estimate of drug-likeness (QED) is 0.0739. The van der Waals surface area contributed by atoms with Crippen LogP contribution in [0.3, 0.4) is 0 Å². The molecule has 0 aliphatic heterocycles. The van der Waals surface area contributed by atoms with Crippen molar-refractivity contribution >= 4 is 18.5 Å². The molecule has 0 N–H and O–H groups in total. The van der Waals surface area contributed by atoms with E-state index in [1.54, 1.807) is 0 Å². The van der Waals surface area contributed by atoms with Crippen LogP contribution in [0.25, 0.3) is 0 Å². The average molecular weight is 935 g/mol. The Morgan fingerprint density at radius 1 is 0.338 bits per heavy atom. The van der Waals surface area contributed by atoms with E-state index in [2.05, 4.69) is 132 Å². The van der Waals surface area contributed by atoms with Gasteiger partial charge >= 0.3 is 18.5 Å². The Morgan fingerprint density at radius 3 is 0.853 bits per heavy atom. The maximum absolute atomic E-state index is 13.2. The molecule has 0 radical (unpaired) electrons. The van der Waals surface area contributed by atoms with Gasteiger partial charge in [0, 0.05) is 27.5 Å². The highest BCUT2D eigenvalue weighted by Crippen LogP contribution is 2.49. The first-order chi connectivity index (χ1) is 30.5. The Bertz CT molecular complexity index is 2420. The minimum atomic E-state index is -0.804. The summed E-state index contributed by atoms with van der Waals surface area (Å²) in [5, 5.41) is 0. The van der Waals surface area contributed by atoms with Gasteiger partial charge in [0.25, 0.3) is 0 Å². The smallest absolute Gasteiger partial charge is 0.428 e. The van der Waals surface area contributed by atoms with E-state index in [0.29, 0.717) is 17.2 Å². The molecule has 68 heavy (non-hydrogen) atoms. The van der Waals surface area contributed by atoms with Crippen LogP contribution in [0.15, 0.2) is 60.7 Å². The van der Waals surface area contributed by atoms with Crippen LogP contribution in [0.5, 0.6) is 17.2 Å². The second-order valence-corrected chi connectivity index (χ2v) is 25.3. The Labute approximate surface area is 409 Å². The fourth-order valence-electron chi connectivity index (χ4n) is 8.72. The molecule has 0 saturated carbocycles. The molecule has 0 amide bonds. The van der Waals surface area contributed by atoms with Crippen LogP contribution in [0.4, 0.5) is 14.4 Å². The first-order valence-electron chi connectivity index (χ1n) is 23.8. The predicted molar refractivity (Wildman–Crippen MR) is 274 cm³/mol. The van der Waals surface area contributed by atoms with Crippen molar-refractivity contribution < 1.29 is 42.8 Å². The number of hydrogen-bond acceptors (Lipinski definition) is 9. The van der Waals surface area contributed by atoms with Crippen LogP contribution in [-0.2, 0) is 41.3 Å². The molecule has 0 aromatic heterocycles. The first kappa shape index (κ1) is 55.3. The second-order valence-electron chi connectivity index (χ2n) is 25.3. The highest BCUT2D eigenvalue weighted by atomic mass is 16.7. The lowest BCUT2D eigenvalue weighted by Gasteiger charge is -2.38. The summed E-state index contributed by atoms with van der Waals surface area (Å²) in [7, 11) is 0. The molecule has 4 aromatic carbocycles. The highest BCUT2D eigenvalue weighted by molar-refractivity contribution is 5.69. The summed E-state index contributed by atoms with van der Waals surface area (Å²) >= 11 is 0. The van der Waals surface area contributed by atoms with Gasteiger partial charge in [-0.25, -0.2) is 14.4 Å². The van der Waals surface area contributed by atoms with Crippen molar-refractivity contribution in [1.29, 1.82) is 0 Å². The van der Waals surface area contributed by atoms with E-state index in [0.717, 1.165) is 61.2 Å². The van der Waals surface area contributed by atoms with Crippen LogP contribution >= 0.6 is 0 Å². The zero-order valence-corrected chi connectivity index (χ0v) is 45.9. The third kappa shape index (κ3) is 13.3. The predicted octanol–water partition coefficient (Wildman–Crippen LogP) is 16.1. The van der Waals surface area contributed by atoms with Crippen LogP contribution in [0.2, 0.25) is 0 Å². The number of aryl methyl sites for hydroxylation is 3. The fraction of sp³-hybridized carbons (Fsp3) is 0.542. The lowest BCUT2D eigenvalue weighted by Crippen LogP contribution is -2.31. The molecule has 0 saturated heterocycles. The molecule has 372 valence electrons. The monoisotopic (exact) mass is 935 g/mol. The highest BCUT2D eigenvalue weighted by Gasteiger charge is 2.39. The number of ether oxygens (including phenoxy) is 6. The summed E-state index contributed by atoms with van der Waals surface area (Å²) in [6.45, 7) is 48.1. The third-order valence-electron chi connectivity index (χ3n) is 12.1. The van der Waals surface area contributed by atoms with Gasteiger partial charge < -0.3 is 28.4 Å².